The van der Waals surface area contributed by atoms with E-state index >= 15 is 0 Å². The molecule has 4 nitrogen and oxygen atoms in total. The van der Waals surface area contributed by atoms with Gasteiger partial charge >= 0.3 is 0 Å². The van der Waals surface area contributed by atoms with Gasteiger partial charge < -0.3 is 11.1 Å². The van der Waals surface area contributed by atoms with Crippen molar-refractivity contribution in [2.24, 2.45) is 0 Å². The van der Waals surface area contributed by atoms with Gasteiger partial charge in [0.25, 0.3) is 0 Å². The van der Waals surface area contributed by atoms with Gasteiger partial charge in [-0.25, -0.2) is 9.37 Å². The molecular weight excluding hydrogens is 231 g/mol. The third-order valence-corrected chi connectivity index (χ3v) is 2.11. The van der Waals surface area contributed by atoms with Gasteiger partial charge in [0, 0.05) is 0 Å². The second-order valence-electron chi connectivity index (χ2n) is 3.05. The number of rotatable bonds is 2. The minimum Gasteiger partial charge on any atom is -0.397 e. The minimum absolute atomic E-state index is 0.00194. The molecule has 0 amide bonds. The number of hydrogen-bond donors (Lipinski definition) is 2. The van der Waals surface area contributed by atoms with Crippen LogP contribution in [0.4, 0.5) is 21.6 Å². The van der Waals surface area contributed by atoms with Crippen LogP contribution < -0.4 is 11.1 Å². The molecule has 0 fully saturated rings. The molecule has 2 aromatic rings. The molecule has 0 saturated heterocycles. The van der Waals surface area contributed by atoms with Gasteiger partial charge in [0.15, 0.2) is 11.6 Å². The maximum atomic E-state index is 13.3. The van der Waals surface area contributed by atoms with Crippen LogP contribution in [0.3, 0.4) is 0 Å². The monoisotopic (exact) mass is 238 g/mol. The van der Waals surface area contributed by atoms with Gasteiger partial charge in [-0.15, -0.1) is 0 Å². The van der Waals surface area contributed by atoms with E-state index in [1.807, 2.05) is 0 Å². The number of nitrogen functional groups attached to an aromatic ring is 1. The van der Waals surface area contributed by atoms with E-state index in [0.717, 1.165) is 6.20 Å². The summed E-state index contributed by atoms with van der Waals surface area (Å²) in [6, 6.07) is 6.97. The lowest BCUT2D eigenvalue weighted by molar-refractivity contribution is 0.619. The maximum Gasteiger partial charge on any atom is 0.224 e. The van der Waals surface area contributed by atoms with Crippen molar-refractivity contribution in [3.05, 3.63) is 41.6 Å². The molecule has 1 aromatic carbocycles. The number of hydrogen-bond acceptors (Lipinski definition) is 4. The second-order valence-corrected chi connectivity index (χ2v) is 3.39. The van der Waals surface area contributed by atoms with Crippen molar-refractivity contribution < 1.29 is 4.39 Å². The number of nitrogens with two attached hydrogens (primary N) is 1. The van der Waals surface area contributed by atoms with Crippen LogP contribution in [-0.2, 0) is 0 Å². The Morgan fingerprint density at radius 3 is 2.81 bits per heavy atom. The zero-order chi connectivity index (χ0) is 11.5. The van der Waals surface area contributed by atoms with Gasteiger partial charge in [-0.1, -0.05) is 12.1 Å². The standard InChI is InChI=1S/C10H8ClFN4/c11-10-14-5-6(12)9(16-10)15-8-4-2-1-3-7(8)13/h1-5H,13H2,(H,14,15,16). The lowest BCUT2D eigenvalue weighted by atomic mass is 10.2. The van der Waals surface area contributed by atoms with Gasteiger partial charge in [-0.2, -0.15) is 4.98 Å². The Balaban J connectivity index is 2.34. The van der Waals surface area contributed by atoms with Gasteiger partial charge in [-0.05, 0) is 23.7 Å². The molecule has 0 radical (unpaired) electrons. The van der Waals surface area contributed by atoms with Crippen molar-refractivity contribution in [1.29, 1.82) is 0 Å². The Morgan fingerprint density at radius 1 is 1.31 bits per heavy atom. The number of para-hydroxylation sites is 2. The van der Waals surface area contributed by atoms with E-state index in [4.69, 9.17) is 17.3 Å². The molecule has 0 aliphatic rings. The maximum absolute atomic E-state index is 13.3. The van der Waals surface area contributed by atoms with Crippen LogP contribution >= 0.6 is 11.6 Å². The summed E-state index contributed by atoms with van der Waals surface area (Å²) < 4.78 is 13.3. The highest BCUT2D eigenvalue weighted by molar-refractivity contribution is 6.28. The van der Waals surface area contributed by atoms with Crippen LogP contribution in [0.5, 0.6) is 0 Å². The molecule has 6 heteroatoms. The molecule has 0 aliphatic carbocycles. The fourth-order valence-electron chi connectivity index (χ4n) is 1.17. The molecule has 1 aromatic heterocycles. The Bertz CT molecular complexity index is 518. The van der Waals surface area contributed by atoms with Crippen molar-refractivity contribution in [2.45, 2.75) is 0 Å². The lowest BCUT2D eigenvalue weighted by Gasteiger charge is -2.08. The van der Waals surface area contributed by atoms with Crippen molar-refractivity contribution >= 4 is 28.8 Å². The number of anilines is 3. The zero-order valence-electron chi connectivity index (χ0n) is 8.11. The largest absolute Gasteiger partial charge is 0.397 e. The lowest BCUT2D eigenvalue weighted by Crippen LogP contribution is -2.01. The summed E-state index contributed by atoms with van der Waals surface area (Å²) in [5, 5.41) is 2.72. The molecule has 0 spiro atoms. The van der Waals surface area contributed by atoms with Crippen molar-refractivity contribution in [3.63, 3.8) is 0 Å². The van der Waals surface area contributed by atoms with Crippen LogP contribution in [0, 0.1) is 5.82 Å². The first kappa shape index (κ1) is 10.6. The normalized spacial score (nSPS) is 10.1. The fourth-order valence-corrected chi connectivity index (χ4v) is 1.30. The Kier molecular flexibility index (Phi) is 2.87. The molecule has 0 bridgehead atoms. The predicted molar refractivity (Wildman–Crippen MR) is 61.1 cm³/mol. The van der Waals surface area contributed by atoms with E-state index in [-0.39, 0.29) is 11.1 Å². The van der Waals surface area contributed by atoms with Crippen LogP contribution in [-0.4, -0.2) is 9.97 Å². The molecule has 1 heterocycles. The number of aromatic nitrogens is 2. The van der Waals surface area contributed by atoms with Crippen LogP contribution in [0.15, 0.2) is 30.5 Å². The summed E-state index contributed by atoms with van der Waals surface area (Å²) in [4.78, 5) is 7.23. The summed E-state index contributed by atoms with van der Waals surface area (Å²) >= 11 is 5.56. The molecule has 2 rings (SSSR count). The zero-order valence-corrected chi connectivity index (χ0v) is 8.87. The molecule has 3 N–H and O–H groups in total. The highest BCUT2D eigenvalue weighted by Gasteiger charge is 2.07. The average molecular weight is 239 g/mol. The third-order valence-electron chi connectivity index (χ3n) is 1.93. The molecule has 16 heavy (non-hydrogen) atoms. The van der Waals surface area contributed by atoms with Crippen molar-refractivity contribution in [1.82, 2.24) is 9.97 Å². The Morgan fingerprint density at radius 2 is 2.06 bits per heavy atom. The number of halogens is 2. The van der Waals surface area contributed by atoms with Crippen LogP contribution in [0.25, 0.3) is 0 Å². The summed E-state index contributed by atoms with van der Waals surface area (Å²) in [5.74, 6) is -0.592. The highest BCUT2D eigenvalue weighted by atomic mass is 35.5. The number of nitrogens with one attached hydrogen (secondary N) is 1. The van der Waals surface area contributed by atoms with E-state index in [1.165, 1.54) is 0 Å². The quantitative estimate of drug-likeness (QED) is 0.624. The molecular formula is C10H8ClFN4. The smallest absolute Gasteiger partial charge is 0.224 e. The Hall–Kier alpha value is -1.88. The van der Waals surface area contributed by atoms with Gasteiger partial charge in [-0.3, -0.25) is 0 Å². The summed E-state index contributed by atoms with van der Waals surface area (Å²) in [7, 11) is 0. The third kappa shape index (κ3) is 2.20. The van der Waals surface area contributed by atoms with E-state index in [2.05, 4.69) is 15.3 Å². The first-order valence-corrected chi connectivity index (χ1v) is 4.84. The van der Waals surface area contributed by atoms with Gasteiger partial charge in [0.05, 0.1) is 17.6 Å². The topological polar surface area (TPSA) is 63.8 Å². The average Bonchev–Trinajstić information content (AvgIpc) is 2.27. The molecule has 0 aliphatic heterocycles. The van der Waals surface area contributed by atoms with E-state index in [0.29, 0.717) is 11.4 Å². The highest BCUT2D eigenvalue weighted by Crippen LogP contribution is 2.23. The van der Waals surface area contributed by atoms with Crippen molar-refractivity contribution in [2.75, 3.05) is 11.1 Å². The molecule has 0 unspecified atom stereocenters. The SMILES string of the molecule is Nc1ccccc1Nc1nc(Cl)ncc1F. The molecule has 0 atom stereocenters. The summed E-state index contributed by atoms with van der Waals surface area (Å²) in [5.41, 5.74) is 6.76. The molecule has 0 saturated carbocycles. The van der Waals surface area contributed by atoms with Crippen molar-refractivity contribution in [3.8, 4) is 0 Å². The van der Waals surface area contributed by atoms with E-state index in [9.17, 15) is 4.39 Å². The van der Waals surface area contributed by atoms with Gasteiger partial charge in [0.2, 0.25) is 5.28 Å². The number of benzene rings is 1. The molecule has 82 valence electrons. The second kappa shape index (κ2) is 4.32. The number of nitrogens with zero attached hydrogens (tertiary/aromatic N) is 2. The van der Waals surface area contributed by atoms with E-state index in [1.54, 1.807) is 24.3 Å². The summed E-state index contributed by atoms with van der Waals surface area (Å²) in [6.07, 6.45) is 0.997. The first-order valence-electron chi connectivity index (χ1n) is 4.46. The first-order chi connectivity index (χ1) is 7.66. The minimum atomic E-state index is -0.590. The van der Waals surface area contributed by atoms with Crippen LogP contribution in [0.2, 0.25) is 5.28 Å². The van der Waals surface area contributed by atoms with Crippen LogP contribution in [0.1, 0.15) is 0 Å². The van der Waals surface area contributed by atoms with Gasteiger partial charge in [0.1, 0.15) is 0 Å². The summed E-state index contributed by atoms with van der Waals surface area (Å²) in [6.45, 7) is 0. The fraction of sp³-hybridized carbons (Fsp3) is 0. The predicted octanol–water partition coefficient (Wildman–Crippen LogP) is 2.59. The van der Waals surface area contributed by atoms with E-state index < -0.39 is 5.82 Å². The Labute approximate surface area is 96.3 Å².